The molecular formula is C15H10F3N3O2S. The number of rotatable bonds is 3. The fourth-order valence-corrected chi connectivity index (χ4v) is 2.86. The van der Waals surface area contributed by atoms with Gasteiger partial charge < -0.3 is 10.3 Å². The first kappa shape index (κ1) is 16.2. The number of thiophene rings is 1. The van der Waals surface area contributed by atoms with E-state index in [-0.39, 0.29) is 23.5 Å². The van der Waals surface area contributed by atoms with Gasteiger partial charge in [0, 0.05) is 5.69 Å². The van der Waals surface area contributed by atoms with Crippen LogP contribution in [0.25, 0.3) is 10.2 Å². The lowest BCUT2D eigenvalue weighted by molar-refractivity contribution is -0.137. The van der Waals surface area contributed by atoms with E-state index in [1.807, 2.05) is 0 Å². The van der Waals surface area contributed by atoms with Crippen LogP contribution in [0.4, 0.5) is 18.9 Å². The van der Waals surface area contributed by atoms with Crippen LogP contribution in [-0.2, 0) is 17.4 Å². The Morgan fingerprint density at radius 2 is 2.08 bits per heavy atom. The van der Waals surface area contributed by atoms with Gasteiger partial charge in [-0.1, -0.05) is 6.07 Å². The summed E-state index contributed by atoms with van der Waals surface area (Å²) < 4.78 is 38.4. The molecule has 2 N–H and O–H groups in total. The summed E-state index contributed by atoms with van der Waals surface area (Å²) in [5.74, 6) is -0.428. The van der Waals surface area contributed by atoms with Crippen molar-refractivity contribution >= 4 is 33.1 Å². The Kier molecular flexibility index (Phi) is 4.10. The monoisotopic (exact) mass is 353 g/mol. The molecule has 124 valence electrons. The summed E-state index contributed by atoms with van der Waals surface area (Å²) in [6, 6.07) is 5.97. The van der Waals surface area contributed by atoms with Gasteiger partial charge in [-0.15, -0.1) is 11.3 Å². The third-order valence-electron chi connectivity index (χ3n) is 3.17. The van der Waals surface area contributed by atoms with Crippen molar-refractivity contribution in [1.82, 2.24) is 9.97 Å². The molecule has 3 aromatic rings. The number of hydrogen-bond donors (Lipinski definition) is 2. The fourth-order valence-electron chi connectivity index (χ4n) is 2.14. The number of H-pyrrole nitrogens is 1. The number of anilines is 1. The molecule has 0 aliphatic carbocycles. The molecule has 5 nitrogen and oxygen atoms in total. The smallest absolute Gasteiger partial charge is 0.326 e. The van der Waals surface area contributed by atoms with E-state index in [9.17, 15) is 22.8 Å². The lowest BCUT2D eigenvalue weighted by atomic mass is 10.2. The molecule has 0 atom stereocenters. The van der Waals surface area contributed by atoms with Crippen molar-refractivity contribution in [3.63, 3.8) is 0 Å². The highest BCUT2D eigenvalue weighted by Crippen LogP contribution is 2.30. The lowest BCUT2D eigenvalue weighted by Crippen LogP contribution is -2.19. The Bertz CT molecular complexity index is 962. The summed E-state index contributed by atoms with van der Waals surface area (Å²) >= 11 is 1.23. The predicted octanol–water partition coefficient (Wildman–Crippen LogP) is 3.18. The Morgan fingerprint density at radius 1 is 1.29 bits per heavy atom. The molecule has 1 amide bonds. The van der Waals surface area contributed by atoms with Gasteiger partial charge in [-0.3, -0.25) is 9.59 Å². The summed E-state index contributed by atoms with van der Waals surface area (Å²) in [6.45, 7) is 0. The second-order valence-electron chi connectivity index (χ2n) is 4.95. The van der Waals surface area contributed by atoms with E-state index >= 15 is 0 Å². The number of carbonyl (C=O) groups excluding carboxylic acids is 1. The first-order chi connectivity index (χ1) is 11.3. The molecule has 0 bridgehead atoms. The van der Waals surface area contributed by atoms with Crippen molar-refractivity contribution < 1.29 is 18.0 Å². The summed E-state index contributed by atoms with van der Waals surface area (Å²) in [6.07, 6.45) is -4.74. The number of alkyl halides is 3. The third kappa shape index (κ3) is 3.46. The number of fused-ring (bicyclic) bond motifs is 1. The average molecular weight is 353 g/mol. The highest BCUT2D eigenvalue weighted by Gasteiger charge is 2.30. The van der Waals surface area contributed by atoms with Gasteiger partial charge in [0.25, 0.3) is 5.56 Å². The van der Waals surface area contributed by atoms with E-state index in [2.05, 4.69) is 15.3 Å². The number of halogens is 3. The number of hydrogen-bond acceptors (Lipinski definition) is 4. The molecular weight excluding hydrogens is 343 g/mol. The van der Waals surface area contributed by atoms with E-state index in [4.69, 9.17) is 0 Å². The molecule has 2 heterocycles. The molecule has 2 aromatic heterocycles. The van der Waals surface area contributed by atoms with Crippen LogP contribution in [-0.4, -0.2) is 15.9 Å². The van der Waals surface area contributed by atoms with Gasteiger partial charge in [0.15, 0.2) is 0 Å². The van der Waals surface area contributed by atoms with Gasteiger partial charge in [0.2, 0.25) is 5.91 Å². The van der Waals surface area contributed by atoms with Crippen LogP contribution in [0.15, 0.2) is 40.5 Å². The minimum atomic E-state index is -4.49. The van der Waals surface area contributed by atoms with Gasteiger partial charge in [0.05, 0.1) is 17.5 Å². The Balaban J connectivity index is 1.76. The van der Waals surface area contributed by atoms with E-state index in [0.717, 1.165) is 12.1 Å². The zero-order chi connectivity index (χ0) is 17.3. The van der Waals surface area contributed by atoms with Gasteiger partial charge in [-0.2, -0.15) is 13.2 Å². The maximum Gasteiger partial charge on any atom is 0.416 e. The summed E-state index contributed by atoms with van der Waals surface area (Å²) in [5.41, 5.74) is -0.706. The zero-order valence-corrected chi connectivity index (χ0v) is 12.8. The number of benzene rings is 1. The van der Waals surface area contributed by atoms with Gasteiger partial charge in [0.1, 0.15) is 10.5 Å². The van der Waals surface area contributed by atoms with Gasteiger partial charge >= 0.3 is 6.18 Å². The largest absolute Gasteiger partial charge is 0.416 e. The van der Waals surface area contributed by atoms with Crippen LogP contribution >= 0.6 is 11.3 Å². The van der Waals surface area contributed by atoms with Crippen LogP contribution in [0.2, 0.25) is 0 Å². The molecule has 0 spiro atoms. The molecule has 0 aliphatic heterocycles. The molecule has 0 saturated carbocycles. The minimum absolute atomic E-state index is 0.0220. The molecule has 0 radical (unpaired) electrons. The number of amides is 1. The second-order valence-corrected chi connectivity index (χ2v) is 5.87. The van der Waals surface area contributed by atoms with Crippen LogP contribution in [0.1, 0.15) is 11.4 Å². The molecule has 24 heavy (non-hydrogen) atoms. The summed E-state index contributed by atoms with van der Waals surface area (Å²) in [7, 11) is 0. The first-order valence-corrected chi connectivity index (χ1v) is 7.64. The molecule has 3 rings (SSSR count). The van der Waals surface area contributed by atoms with Gasteiger partial charge in [-0.05, 0) is 29.6 Å². The summed E-state index contributed by atoms with van der Waals surface area (Å²) in [5, 5.41) is 4.07. The maximum absolute atomic E-state index is 12.7. The topological polar surface area (TPSA) is 74.8 Å². The highest BCUT2D eigenvalue weighted by molar-refractivity contribution is 7.17. The van der Waals surface area contributed by atoms with E-state index < -0.39 is 17.6 Å². The van der Waals surface area contributed by atoms with Crippen LogP contribution in [0.5, 0.6) is 0 Å². The molecule has 0 unspecified atom stereocenters. The zero-order valence-electron chi connectivity index (χ0n) is 12.0. The predicted molar refractivity (Wildman–Crippen MR) is 84.0 cm³/mol. The van der Waals surface area contributed by atoms with Crippen molar-refractivity contribution in [2.45, 2.75) is 12.6 Å². The van der Waals surface area contributed by atoms with Crippen LogP contribution in [0, 0.1) is 0 Å². The molecule has 9 heteroatoms. The minimum Gasteiger partial charge on any atom is -0.326 e. The van der Waals surface area contributed by atoms with Crippen LogP contribution in [0.3, 0.4) is 0 Å². The van der Waals surface area contributed by atoms with Crippen molar-refractivity contribution in [3.05, 3.63) is 57.5 Å². The normalized spacial score (nSPS) is 11.6. The van der Waals surface area contributed by atoms with Crippen molar-refractivity contribution in [2.75, 3.05) is 5.32 Å². The van der Waals surface area contributed by atoms with Crippen molar-refractivity contribution in [3.8, 4) is 0 Å². The Hall–Kier alpha value is -2.68. The third-order valence-corrected chi connectivity index (χ3v) is 4.07. The number of nitrogens with one attached hydrogen (secondary N) is 2. The maximum atomic E-state index is 12.7. The van der Waals surface area contributed by atoms with E-state index in [0.29, 0.717) is 10.2 Å². The van der Waals surface area contributed by atoms with Gasteiger partial charge in [-0.25, -0.2) is 4.98 Å². The second kappa shape index (κ2) is 6.08. The average Bonchev–Trinajstić information content (AvgIpc) is 2.95. The fraction of sp³-hybridized carbons (Fsp3) is 0.133. The quantitative estimate of drug-likeness (QED) is 0.759. The highest BCUT2D eigenvalue weighted by atomic mass is 32.1. The summed E-state index contributed by atoms with van der Waals surface area (Å²) in [4.78, 5) is 30.4. The van der Waals surface area contributed by atoms with E-state index in [1.54, 1.807) is 11.4 Å². The Labute approximate surface area is 137 Å². The van der Waals surface area contributed by atoms with Crippen molar-refractivity contribution in [2.24, 2.45) is 0 Å². The number of nitrogens with zero attached hydrogens (tertiary/aromatic N) is 1. The number of carbonyl (C=O) groups is 1. The lowest BCUT2D eigenvalue weighted by Gasteiger charge is -2.09. The number of aromatic amines is 1. The Morgan fingerprint density at radius 3 is 2.83 bits per heavy atom. The SMILES string of the molecule is O=C(Cc1nc2ccsc2c(=O)[nH]1)Nc1cccc(C(F)(F)F)c1. The molecule has 0 saturated heterocycles. The van der Waals surface area contributed by atoms with Crippen molar-refractivity contribution in [1.29, 1.82) is 0 Å². The standard InChI is InChI=1S/C15H10F3N3O2S/c16-15(17,18)8-2-1-3-9(6-8)19-12(22)7-11-20-10-4-5-24-13(10)14(23)21-11/h1-6H,7H2,(H,19,22)(H,20,21,23). The number of aromatic nitrogens is 2. The molecule has 0 fully saturated rings. The first-order valence-electron chi connectivity index (χ1n) is 6.76. The molecule has 0 aliphatic rings. The van der Waals surface area contributed by atoms with Crippen LogP contribution < -0.4 is 10.9 Å². The van der Waals surface area contributed by atoms with E-state index in [1.165, 1.54) is 23.5 Å². The molecule has 1 aromatic carbocycles.